The molecule has 0 bridgehead atoms. The van der Waals surface area contributed by atoms with Gasteiger partial charge in [-0.05, 0) is 32.0 Å². The average molecular weight is 263 g/mol. The summed E-state index contributed by atoms with van der Waals surface area (Å²) in [4.78, 5) is 12.2. The molecule has 0 unspecified atom stereocenters. The van der Waals surface area contributed by atoms with E-state index in [9.17, 15) is 14.3 Å². The standard InChI is InChI=1S/C14H14FNO3/c1-3-19-13-6-7-16(14(18)9(13)2)10-4-5-11(15)12(17)8-10/h4-8,17H,3H2,1-2H3. The van der Waals surface area contributed by atoms with Gasteiger partial charge in [-0.3, -0.25) is 9.36 Å². The summed E-state index contributed by atoms with van der Waals surface area (Å²) in [6, 6.07) is 5.41. The summed E-state index contributed by atoms with van der Waals surface area (Å²) in [5, 5.41) is 9.35. The second-order valence-corrected chi connectivity index (χ2v) is 4.05. The summed E-state index contributed by atoms with van der Waals surface area (Å²) in [5.41, 5.74) is 0.597. The van der Waals surface area contributed by atoms with Crippen LogP contribution in [0, 0.1) is 12.7 Å². The Morgan fingerprint density at radius 2 is 2.11 bits per heavy atom. The number of benzene rings is 1. The van der Waals surface area contributed by atoms with Crippen molar-refractivity contribution in [3.63, 3.8) is 0 Å². The normalized spacial score (nSPS) is 10.5. The predicted octanol–water partition coefficient (Wildman–Crippen LogP) is 2.39. The second kappa shape index (κ2) is 5.14. The number of phenolic OH excluding ortho intramolecular Hbond substituents is 1. The van der Waals surface area contributed by atoms with E-state index in [1.807, 2.05) is 6.92 Å². The Morgan fingerprint density at radius 1 is 1.37 bits per heavy atom. The van der Waals surface area contributed by atoms with Gasteiger partial charge in [-0.25, -0.2) is 4.39 Å². The monoisotopic (exact) mass is 263 g/mol. The maximum atomic E-state index is 13.0. The third kappa shape index (κ3) is 2.45. The van der Waals surface area contributed by atoms with Gasteiger partial charge >= 0.3 is 0 Å². The lowest BCUT2D eigenvalue weighted by Gasteiger charge is -2.11. The zero-order valence-electron chi connectivity index (χ0n) is 10.7. The van der Waals surface area contributed by atoms with Gasteiger partial charge in [0.1, 0.15) is 5.75 Å². The number of phenols is 1. The first-order valence-electron chi connectivity index (χ1n) is 5.88. The Balaban J connectivity index is 2.54. The third-order valence-electron chi connectivity index (χ3n) is 2.79. The topological polar surface area (TPSA) is 51.5 Å². The molecule has 0 fully saturated rings. The van der Waals surface area contributed by atoms with Crippen LogP contribution >= 0.6 is 0 Å². The zero-order valence-corrected chi connectivity index (χ0v) is 10.7. The first-order valence-corrected chi connectivity index (χ1v) is 5.88. The highest BCUT2D eigenvalue weighted by molar-refractivity contribution is 5.42. The molecule has 0 amide bonds. The number of ether oxygens (including phenoxy) is 1. The van der Waals surface area contributed by atoms with E-state index in [1.54, 1.807) is 13.0 Å². The molecular formula is C14H14FNO3. The van der Waals surface area contributed by atoms with Crippen LogP contribution in [0.2, 0.25) is 0 Å². The van der Waals surface area contributed by atoms with Crippen molar-refractivity contribution < 1.29 is 14.2 Å². The lowest BCUT2D eigenvalue weighted by atomic mass is 10.2. The summed E-state index contributed by atoms with van der Waals surface area (Å²) >= 11 is 0. The van der Waals surface area contributed by atoms with Crippen molar-refractivity contribution in [2.75, 3.05) is 6.61 Å². The predicted molar refractivity (Wildman–Crippen MR) is 69.6 cm³/mol. The molecule has 2 aromatic rings. The number of aromatic nitrogens is 1. The van der Waals surface area contributed by atoms with E-state index in [0.29, 0.717) is 23.6 Å². The molecule has 0 saturated heterocycles. The second-order valence-electron chi connectivity index (χ2n) is 4.05. The molecule has 0 aliphatic heterocycles. The molecular weight excluding hydrogens is 249 g/mol. The molecule has 1 N–H and O–H groups in total. The van der Waals surface area contributed by atoms with Crippen LogP contribution in [0.15, 0.2) is 35.3 Å². The summed E-state index contributed by atoms with van der Waals surface area (Å²) in [6.07, 6.45) is 1.53. The van der Waals surface area contributed by atoms with E-state index < -0.39 is 11.6 Å². The fourth-order valence-electron chi connectivity index (χ4n) is 1.79. The van der Waals surface area contributed by atoms with Gasteiger partial charge in [0.25, 0.3) is 5.56 Å². The maximum Gasteiger partial charge on any atom is 0.261 e. The van der Waals surface area contributed by atoms with E-state index in [1.165, 1.54) is 22.9 Å². The SMILES string of the molecule is CCOc1ccn(-c2ccc(F)c(O)c2)c(=O)c1C. The number of halogens is 1. The van der Waals surface area contributed by atoms with Crippen molar-refractivity contribution in [3.8, 4) is 17.2 Å². The molecule has 100 valence electrons. The van der Waals surface area contributed by atoms with Crippen molar-refractivity contribution in [2.45, 2.75) is 13.8 Å². The van der Waals surface area contributed by atoms with Crippen LogP contribution in [0.3, 0.4) is 0 Å². The lowest BCUT2D eigenvalue weighted by molar-refractivity contribution is 0.336. The number of nitrogens with zero attached hydrogens (tertiary/aromatic N) is 1. The van der Waals surface area contributed by atoms with Crippen LogP contribution in [-0.4, -0.2) is 16.3 Å². The minimum Gasteiger partial charge on any atom is -0.505 e. The molecule has 0 saturated carbocycles. The minimum atomic E-state index is -0.723. The molecule has 1 heterocycles. The van der Waals surface area contributed by atoms with Crippen LogP contribution in [0.1, 0.15) is 12.5 Å². The van der Waals surface area contributed by atoms with E-state index >= 15 is 0 Å². The van der Waals surface area contributed by atoms with Crippen LogP contribution in [-0.2, 0) is 0 Å². The Labute approximate surface area is 109 Å². The zero-order chi connectivity index (χ0) is 14.0. The van der Waals surface area contributed by atoms with Crippen molar-refractivity contribution in [1.82, 2.24) is 4.57 Å². The van der Waals surface area contributed by atoms with Crippen molar-refractivity contribution in [2.24, 2.45) is 0 Å². The van der Waals surface area contributed by atoms with E-state index in [2.05, 4.69) is 0 Å². The van der Waals surface area contributed by atoms with Gasteiger partial charge in [-0.1, -0.05) is 0 Å². The summed E-state index contributed by atoms with van der Waals surface area (Å²) in [7, 11) is 0. The number of aromatic hydroxyl groups is 1. The number of rotatable bonds is 3. The number of hydrogen-bond acceptors (Lipinski definition) is 3. The number of hydrogen-bond donors (Lipinski definition) is 1. The third-order valence-corrected chi connectivity index (χ3v) is 2.79. The summed E-state index contributed by atoms with van der Waals surface area (Å²) in [5.74, 6) is -0.689. The van der Waals surface area contributed by atoms with E-state index in [-0.39, 0.29) is 5.56 Å². The molecule has 0 aliphatic carbocycles. The summed E-state index contributed by atoms with van der Waals surface area (Å²) < 4.78 is 19.7. The fraction of sp³-hybridized carbons (Fsp3) is 0.214. The molecule has 0 spiro atoms. The van der Waals surface area contributed by atoms with E-state index in [4.69, 9.17) is 4.74 Å². The smallest absolute Gasteiger partial charge is 0.261 e. The Hall–Kier alpha value is -2.30. The summed E-state index contributed by atoms with van der Waals surface area (Å²) in [6.45, 7) is 3.97. The molecule has 19 heavy (non-hydrogen) atoms. The van der Waals surface area contributed by atoms with Gasteiger partial charge in [-0.2, -0.15) is 0 Å². The number of pyridine rings is 1. The van der Waals surface area contributed by atoms with Gasteiger partial charge in [0, 0.05) is 12.3 Å². The van der Waals surface area contributed by atoms with Crippen LogP contribution < -0.4 is 10.3 Å². The molecule has 4 nitrogen and oxygen atoms in total. The molecule has 5 heteroatoms. The fourth-order valence-corrected chi connectivity index (χ4v) is 1.79. The Kier molecular flexibility index (Phi) is 3.55. The van der Waals surface area contributed by atoms with Crippen molar-refractivity contribution in [3.05, 3.63) is 52.2 Å². The highest BCUT2D eigenvalue weighted by Gasteiger charge is 2.09. The molecule has 1 aromatic heterocycles. The van der Waals surface area contributed by atoms with E-state index in [0.717, 1.165) is 6.07 Å². The Morgan fingerprint density at radius 3 is 2.74 bits per heavy atom. The van der Waals surface area contributed by atoms with Crippen LogP contribution in [0.5, 0.6) is 11.5 Å². The van der Waals surface area contributed by atoms with Crippen LogP contribution in [0.25, 0.3) is 5.69 Å². The molecule has 0 radical (unpaired) electrons. The molecule has 1 aromatic carbocycles. The highest BCUT2D eigenvalue weighted by Crippen LogP contribution is 2.20. The first kappa shape index (κ1) is 13.1. The first-order chi connectivity index (χ1) is 9.04. The van der Waals surface area contributed by atoms with Gasteiger partial charge in [0.15, 0.2) is 11.6 Å². The largest absolute Gasteiger partial charge is 0.505 e. The minimum absolute atomic E-state index is 0.267. The molecule has 0 aliphatic rings. The Bertz CT molecular complexity index is 664. The van der Waals surface area contributed by atoms with Gasteiger partial charge < -0.3 is 9.84 Å². The van der Waals surface area contributed by atoms with Crippen molar-refractivity contribution in [1.29, 1.82) is 0 Å². The van der Waals surface area contributed by atoms with Crippen LogP contribution in [0.4, 0.5) is 4.39 Å². The average Bonchev–Trinajstić information content (AvgIpc) is 2.39. The lowest BCUT2D eigenvalue weighted by Crippen LogP contribution is -2.20. The molecule has 2 rings (SSSR count). The highest BCUT2D eigenvalue weighted by atomic mass is 19.1. The molecule has 0 atom stereocenters. The quantitative estimate of drug-likeness (QED) is 0.925. The van der Waals surface area contributed by atoms with Gasteiger partial charge in [-0.15, -0.1) is 0 Å². The van der Waals surface area contributed by atoms with Crippen molar-refractivity contribution >= 4 is 0 Å². The van der Waals surface area contributed by atoms with Gasteiger partial charge in [0.2, 0.25) is 0 Å². The maximum absolute atomic E-state index is 13.0. The van der Waals surface area contributed by atoms with Gasteiger partial charge in [0.05, 0.1) is 17.9 Å².